The van der Waals surface area contributed by atoms with Gasteiger partial charge in [0.15, 0.2) is 5.16 Å². The molecule has 0 unspecified atom stereocenters. The molecular formula is C15H19BrN4OS. The molecule has 1 N–H and O–H groups in total. The van der Waals surface area contributed by atoms with Crippen LogP contribution in [0.1, 0.15) is 25.2 Å². The summed E-state index contributed by atoms with van der Waals surface area (Å²) in [6.07, 6.45) is 0.839. The fourth-order valence-electron chi connectivity index (χ4n) is 2.05. The zero-order valence-electron chi connectivity index (χ0n) is 12.9. The van der Waals surface area contributed by atoms with Crippen LogP contribution in [0.15, 0.2) is 27.8 Å². The Balaban J connectivity index is 1.95. The summed E-state index contributed by atoms with van der Waals surface area (Å²) in [6, 6.07) is 5.75. The average molecular weight is 383 g/mol. The number of benzene rings is 1. The summed E-state index contributed by atoms with van der Waals surface area (Å²) in [5, 5.41) is 12.0. The summed E-state index contributed by atoms with van der Waals surface area (Å²) in [5.41, 5.74) is 1.89. The number of halogens is 1. The lowest BCUT2D eigenvalue weighted by molar-refractivity contribution is -0.113. The van der Waals surface area contributed by atoms with E-state index in [1.54, 1.807) is 0 Å². The van der Waals surface area contributed by atoms with Crippen molar-refractivity contribution in [2.45, 2.75) is 38.9 Å². The van der Waals surface area contributed by atoms with Crippen LogP contribution in [-0.4, -0.2) is 26.4 Å². The van der Waals surface area contributed by atoms with E-state index >= 15 is 0 Å². The second-order valence-electron chi connectivity index (χ2n) is 4.80. The minimum absolute atomic E-state index is 0.0459. The molecule has 0 aliphatic heterocycles. The van der Waals surface area contributed by atoms with E-state index in [9.17, 15) is 4.79 Å². The molecule has 2 aromatic rings. The number of rotatable bonds is 6. The van der Waals surface area contributed by atoms with Crippen molar-refractivity contribution in [2.24, 2.45) is 0 Å². The first-order chi connectivity index (χ1) is 10.5. The van der Waals surface area contributed by atoms with E-state index in [1.807, 2.05) is 36.6 Å². The van der Waals surface area contributed by atoms with Crippen molar-refractivity contribution in [2.75, 3.05) is 11.1 Å². The minimum Gasteiger partial charge on any atom is -0.325 e. The van der Waals surface area contributed by atoms with Crippen molar-refractivity contribution >= 4 is 39.3 Å². The van der Waals surface area contributed by atoms with Gasteiger partial charge < -0.3 is 9.88 Å². The highest BCUT2D eigenvalue weighted by atomic mass is 79.9. The summed E-state index contributed by atoms with van der Waals surface area (Å²) in [7, 11) is 0. The Hall–Kier alpha value is -1.34. The number of nitrogens with one attached hydrogen (secondary N) is 1. The molecule has 0 saturated heterocycles. The summed E-state index contributed by atoms with van der Waals surface area (Å²) in [5.74, 6) is 1.22. The maximum Gasteiger partial charge on any atom is 0.234 e. The Kier molecular flexibility index (Phi) is 6.02. The third-order valence-electron chi connectivity index (χ3n) is 3.20. The van der Waals surface area contributed by atoms with Gasteiger partial charge in [0.2, 0.25) is 5.91 Å². The standard InChI is InChI=1S/C15H19BrN4OS/c1-4-13-18-19-15(20(13)5-2)22-9-14(21)17-11-6-7-12(16)10(3)8-11/h6-8H,4-5,9H2,1-3H3,(H,17,21). The van der Waals surface area contributed by atoms with Gasteiger partial charge >= 0.3 is 0 Å². The number of amides is 1. The lowest BCUT2D eigenvalue weighted by Gasteiger charge is -2.08. The number of nitrogens with zero attached hydrogens (tertiary/aromatic N) is 3. The van der Waals surface area contributed by atoms with Crippen molar-refractivity contribution in [1.82, 2.24) is 14.8 Å². The Morgan fingerprint density at radius 2 is 2.14 bits per heavy atom. The molecule has 0 bridgehead atoms. The summed E-state index contributed by atoms with van der Waals surface area (Å²) < 4.78 is 3.07. The van der Waals surface area contributed by atoms with E-state index in [4.69, 9.17) is 0 Å². The normalized spacial score (nSPS) is 10.7. The molecule has 2 rings (SSSR count). The van der Waals surface area contributed by atoms with Gasteiger partial charge in [0, 0.05) is 23.1 Å². The second-order valence-corrected chi connectivity index (χ2v) is 6.59. The zero-order valence-corrected chi connectivity index (χ0v) is 15.3. The molecule has 1 aromatic heterocycles. The van der Waals surface area contributed by atoms with Crippen molar-refractivity contribution in [3.8, 4) is 0 Å². The van der Waals surface area contributed by atoms with Gasteiger partial charge in [-0.05, 0) is 37.6 Å². The van der Waals surface area contributed by atoms with Gasteiger partial charge in [-0.15, -0.1) is 10.2 Å². The quantitative estimate of drug-likeness (QED) is 0.774. The van der Waals surface area contributed by atoms with E-state index in [0.29, 0.717) is 5.75 Å². The molecule has 7 heteroatoms. The van der Waals surface area contributed by atoms with Crippen molar-refractivity contribution in [1.29, 1.82) is 0 Å². The predicted octanol–water partition coefficient (Wildman–Crippen LogP) is 3.66. The molecule has 0 atom stereocenters. The van der Waals surface area contributed by atoms with E-state index in [1.165, 1.54) is 11.8 Å². The largest absolute Gasteiger partial charge is 0.325 e. The Morgan fingerprint density at radius 1 is 1.36 bits per heavy atom. The lowest BCUT2D eigenvalue weighted by Crippen LogP contribution is -2.14. The number of thioether (sulfide) groups is 1. The third kappa shape index (κ3) is 4.10. The second kappa shape index (κ2) is 7.78. The summed E-state index contributed by atoms with van der Waals surface area (Å²) >= 11 is 4.86. The Bertz CT molecular complexity index is 672. The van der Waals surface area contributed by atoms with Crippen LogP contribution in [0.4, 0.5) is 5.69 Å². The Labute approximate surface area is 143 Å². The highest BCUT2D eigenvalue weighted by Crippen LogP contribution is 2.21. The van der Waals surface area contributed by atoms with E-state index in [0.717, 1.165) is 39.7 Å². The average Bonchev–Trinajstić information content (AvgIpc) is 2.91. The van der Waals surface area contributed by atoms with Crippen molar-refractivity contribution in [3.63, 3.8) is 0 Å². The van der Waals surface area contributed by atoms with Crippen LogP contribution >= 0.6 is 27.7 Å². The van der Waals surface area contributed by atoms with Crippen LogP contribution in [0, 0.1) is 6.92 Å². The maximum atomic E-state index is 12.1. The number of hydrogen-bond acceptors (Lipinski definition) is 4. The van der Waals surface area contributed by atoms with Crippen LogP contribution in [0.5, 0.6) is 0 Å². The first-order valence-corrected chi connectivity index (χ1v) is 8.93. The first kappa shape index (κ1) is 17.0. The van der Waals surface area contributed by atoms with Gasteiger partial charge in [0.05, 0.1) is 5.75 Å². The predicted molar refractivity (Wildman–Crippen MR) is 93.3 cm³/mol. The zero-order chi connectivity index (χ0) is 16.1. The minimum atomic E-state index is -0.0459. The molecule has 1 amide bonds. The molecule has 0 saturated carbocycles. The van der Waals surface area contributed by atoms with E-state index in [-0.39, 0.29) is 5.91 Å². The lowest BCUT2D eigenvalue weighted by atomic mass is 10.2. The van der Waals surface area contributed by atoms with Gasteiger partial charge in [-0.1, -0.05) is 34.6 Å². The highest BCUT2D eigenvalue weighted by Gasteiger charge is 2.12. The molecular weight excluding hydrogens is 364 g/mol. The van der Waals surface area contributed by atoms with Crippen LogP contribution in [0.2, 0.25) is 0 Å². The van der Waals surface area contributed by atoms with Crippen molar-refractivity contribution < 1.29 is 4.79 Å². The van der Waals surface area contributed by atoms with Crippen LogP contribution in [0.25, 0.3) is 0 Å². The molecule has 118 valence electrons. The molecule has 22 heavy (non-hydrogen) atoms. The van der Waals surface area contributed by atoms with Gasteiger partial charge in [-0.25, -0.2) is 0 Å². The molecule has 0 radical (unpaired) electrons. The first-order valence-electron chi connectivity index (χ1n) is 7.16. The van der Waals surface area contributed by atoms with Gasteiger partial charge in [-0.3, -0.25) is 4.79 Å². The maximum absolute atomic E-state index is 12.1. The summed E-state index contributed by atoms with van der Waals surface area (Å²) in [4.78, 5) is 12.1. The van der Waals surface area contributed by atoms with Crippen LogP contribution < -0.4 is 5.32 Å². The number of carbonyl (C=O) groups excluding carboxylic acids is 1. The molecule has 5 nitrogen and oxygen atoms in total. The van der Waals surface area contributed by atoms with Crippen molar-refractivity contribution in [3.05, 3.63) is 34.1 Å². The number of hydrogen-bond donors (Lipinski definition) is 1. The molecule has 0 aliphatic rings. The van der Waals surface area contributed by atoms with Crippen LogP contribution in [-0.2, 0) is 17.8 Å². The van der Waals surface area contributed by atoms with Crippen LogP contribution in [0.3, 0.4) is 0 Å². The number of aryl methyl sites for hydroxylation is 2. The van der Waals surface area contributed by atoms with E-state index < -0.39 is 0 Å². The molecule has 0 spiro atoms. The van der Waals surface area contributed by atoms with Gasteiger partial charge in [0.25, 0.3) is 0 Å². The van der Waals surface area contributed by atoms with E-state index in [2.05, 4.69) is 38.4 Å². The number of carbonyl (C=O) groups is 1. The molecule has 0 aliphatic carbocycles. The SMILES string of the molecule is CCc1nnc(SCC(=O)Nc2ccc(Br)c(C)c2)n1CC. The topological polar surface area (TPSA) is 59.8 Å². The summed E-state index contributed by atoms with van der Waals surface area (Å²) in [6.45, 7) is 6.90. The monoisotopic (exact) mass is 382 g/mol. The molecule has 0 fully saturated rings. The molecule has 1 heterocycles. The fraction of sp³-hybridized carbons (Fsp3) is 0.400. The smallest absolute Gasteiger partial charge is 0.234 e. The number of anilines is 1. The molecule has 1 aromatic carbocycles. The fourth-order valence-corrected chi connectivity index (χ4v) is 3.12. The Morgan fingerprint density at radius 3 is 2.77 bits per heavy atom. The highest BCUT2D eigenvalue weighted by molar-refractivity contribution is 9.10. The third-order valence-corrected chi connectivity index (χ3v) is 5.06. The van der Waals surface area contributed by atoms with Gasteiger partial charge in [0.1, 0.15) is 5.82 Å². The van der Waals surface area contributed by atoms with Gasteiger partial charge in [-0.2, -0.15) is 0 Å². The number of aromatic nitrogens is 3.